The Morgan fingerprint density at radius 2 is 1.97 bits per heavy atom. The van der Waals surface area contributed by atoms with Crippen molar-refractivity contribution in [2.24, 2.45) is 0 Å². The molecule has 0 spiro atoms. The lowest BCUT2D eigenvalue weighted by Crippen LogP contribution is -2.41. The van der Waals surface area contributed by atoms with Crippen LogP contribution in [0.25, 0.3) is 0 Å². The summed E-state index contributed by atoms with van der Waals surface area (Å²) in [5.74, 6) is -1.28. The maximum atomic E-state index is 12.4. The van der Waals surface area contributed by atoms with Gasteiger partial charge in [-0.2, -0.15) is 0 Å². The fourth-order valence-corrected chi connectivity index (χ4v) is 3.83. The summed E-state index contributed by atoms with van der Waals surface area (Å²) in [6.45, 7) is 1.70. The molecule has 0 bridgehead atoms. The Labute approximate surface area is 171 Å². The second-order valence-electron chi connectivity index (χ2n) is 6.78. The highest BCUT2D eigenvalue weighted by Gasteiger charge is 2.28. The van der Waals surface area contributed by atoms with Crippen LogP contribution in [0.3, 0.4) is 0 Å². The van der Waals surface area contributed by atoms with E-state index >= 15 is 0 Å². The molecule has 3 rings (SSSR count). The molecule has 2 aromatic rings. The Morgan fingerprint density at radius 1 is 1.24 bits per heavy atom. The molecule has 152 valence electrons. The number of aromatic nitrogens is 1. The second kappa shape index (κ2) is 8.39. The van der Waals surface area contributed by atoms with Crippen LogP contribution in [0.1, 0.15) is 38.6 Å². The summed E-state index contributed by atoms with van der Waals surface area (Å²) in [5, 5.41) is 8.32. The number of hydrogen-bond acceptors (Lipinski definition) is 6. The maximum Gasteiger partial charge on any atom is 0.265 e. The van der Waals surface area contributed by atoms with Gasteiger partial charge in [0.1, 0.15) is 10.9 Å². The zero-order valence-electron chi connectivity index (χ0n) is 16.2. The molecule has 0 radical (unpaired) electrons. The van der Waals surface area contributed by atoms with Gasteiger partial charge in [-0.15, -0.1) is 0 Å². The summed E-state index contributed by atoms with van der Waals surface area (Å²) in [6, 6.07) is 5.89. The SMILES string of the molecule is Cc1nc(NC(=O)CCC2NC(=O)c3ccccc3NC2=O)sc1C(=O)N(C)C. The Morgan fingerprint density at radius 3 is 2.69 bits per heavy atom. The van der Waals surface area contributed by atoms with E-state index in [0.717, 1.165) is 11.3 Å². The van der Waals surface area contributed by atoms with Gasteiger partial charge in [0.25, 0.3) is 11.8 Å². The van der Waals surface area contributed by atoms with Gasteiger partial charge >= 0.3 is 0 Å². The smallest absolute Gasteiger partial charge is 0.265 e. The Kier molecular flexibility index (Phi) is 5.92. The summed E-state index contributed by atoms with van der Waals surface area (Å²) in [6.07, 6.45) is 0.134. The van der Waals surface area contributed by atoms with Crippen molar-refractivity contribution < 1.29 is 19.2 Å². The third-order valence-corrected chi connectivity index (χ3v) is 5.42. The fourth-order valence-electron chi connectivity index (χ4n) is 2.82. The largest absolute Gasteiger partial charge is 0.344 e. The molecule has 1 aliphatic heterocycles. The fraction of sp³-hybridized carbons (Fsp3) is 0.316. The van der Waals surface area contributed by atoms with Crippen molar-refractivity contribution >= 4 is 45.8 Å². The van der Waals surface area contributed by atoms with E-state index in [1.807, 2.05) is 0 Å². The summed E-state index contributed by atoms with van der Waals surface area (Å²) < 4.78 is 0. The van der Waals surface area contributed by atoms with Crippen LogP contribution in [-0.4, -0.2) is 53.6 Å². The van der Waals surface area contributed by atoms with E-state index in [4.69, 9.17) is 0 Å². The van der Waals surface area contributed by atoms with Crippen molar-refractivity contribution in [3.63, 3.8) is 0 Å². The molecule has 3 N–H and O–H groups in total. The van der Waals surface area contributed by atoms with Crippen LogP contribution in [0.4, 0.5) is 10.8 Å². The number of carbonyl (C=O) groups is 4. The third kappa shape index (κ3) is 4.60. The van der Waals surface area contributed by atoms with E-state index < -0.39 is 6.04 Å². The Balaban J connectivity index is 1.60. The molecule has 1 atom stereocenters. The van der Waals surface area contributed by atoms with E-state index in [9.17, 15) is 19.2 Å². The van der Waals surface area contributed by atoms with Crippen molar-refractivity contribution in [3.05, 3.63) is 40.4 Å². The van der Waals surface area contributed by atoms with Crippen LogP contribution in [0, 0.1) is 6.92 Å². The van der Waals surface area contributed by atoms with Crippen molar-refractivity contribution in [2.45, 2.75) is 25.8 Å². The highest BCUT2D eigenvalue weighted by molar-refractivity contribution is 7.17. The Bertz CT molecular complexity index is 985. The first kappa shape index (κ1) is 20.5. The first-order valence-corrected chi connectivity index (χ1v) is 9.77. The van der Waals surface area contributed by atoms with Gasteiger partial charge in [-0.05, 0) is 25.5 Å². The summed E-state index contributed by atoms with van der Waals surface area (Å²) >= 11 is 1.10. The van der Waals surface area contributed by atoms with Gasteiger partial charge in [0.15, 0.2) is 5.13 Å². The quantitative estimate of drug-likeness (QED) is 0.685. The van der Waals surface area contributed by atoms with E-state index in [1.54, 1.807) is 45.3 Å². The number of aryl methyl sites for hydroxylation is 1. The number of para-hydroxylation sites is 1. The van der Waals surface area contributed by atoms with Crippen LogP contribution < -0.4 is 16.0 Å². The minimum Gasteiger partial charge on any atom is -0.344 e. The highest BCUT2D eigenvalue weighted by atomic mass is 32.1. The molecule has 0 aliphatic carbocycles. The zero-order valence-corrected chi connectivity index (χ0v) is 17.1. The molecular weight excluding hydrogens is 394 g/mol. The van der Waals surface area contributed by atoms with Gasteiger partial charge in [-0.25, -0.2) is 4.98 Å². The average molecular weight is 415 g/mol. The molecule has 2 heterocycles. The first-order chi connectivity index (χ1) is 13.8. The van der Waals surface area contributed by atoms with Crippen LogP contribution in [0.2, 0.25) is 0 Å². The lowest BCUT2D eigenvalue weighted by atomic mass is 10.1. The summed E-state index contributed by atoms with van der Waals surface area (Å²) in [4.78, 5) is 55.2. The molecule has 0 fully saturated rings. The van der Waals surface area contributed by atoms with Crippen LogP contribution >= 0.6 is 11.3 Å². The topological polar surface area (TPSA) is 120 Å². The van der Waals surface area contributed by atoms with Crippen molar-refractivity contribution in [1.29, 1.82) is 0 Å². The number of hydrogen-bond donors (Lipinski definition) is 3. The van der Waals surface area contributed by atoms with Crippen LogP contribution in [0.15, 0.2) is 24.3 Å². The monoisotopic (exact) mass is 415 g/mol. The van der Waals surface area contributed by atoms with Gasteiger partial charge in [0, 0.05) is 20.5 Å². The van der Waals surface area contributed by atoms with E-state index in [-0.39, 0.29) is 36.5 Å². The number of amides is 4. The number of benzene rings is 1. The van der Waals surface area contributed by atoms with E-state index in [2.05, 4.69) is 20.9 Å². The summed E-state index contributed by atoms with van der Waals surface area (Å²) in [5.41, 5.74) is 1.36. The molecule has 1 aromatic heterocycles. The number of thiazole rings is 1. The predicted molar refractivity (Wildman–Crippen MR) is 109 cm³/mol. The predicted octanol–water partition coefficient (Wildman–Crippen LogP) is 1.62. The number of rotatable bonds is 5. The molecule has 9 nitrogen and oxygen atoms in total. The molecule has 29 heavy (non-hydrogen) atoms. The van der Waals surface area contributed by atoms with E-state index in [1.165, 1.54) is 4.90 Å². The number of carbonyl (C=O) groups excluding carboxylic acids is 4. The number of nitrogens with one attached hydrogen (secondary N) is 3. The normalized spacial score (nSPS) is 15.6. The number of anilines is 2. The van der Waals surface area contributed by atoms with Gasteiger partial charge in [-0.1, -0.05) is 23.5 Å². The molecule has 1 aromatic carbocycles. The molecule has 0 saturated heterocycles. The average Bonchev–Trinajstić information content (AvgIpc) is 2.98. The lowest BCUT2D eigenvalue weighted by molar-refractivity contribution is -0.118. The highest BCUT2D eigenvalue weighted by Crippen LogP contribution is 2.24. The Hall–Kier alpha value is -3.27. The molecular formula is C19H21N5O4S. The number of nitrogens with zero attached hydrogens (tertiary/aromatic N) is 2. The van der Waals surface area contributed by atoms with Gasteiger partial charge < -0.3 is 20.9 Å². The van der Waals surface area contributed by atoms with Crippen molar-refractivity contribution in [1.82, 2.24) is 15.2 Å². The summed E-state index contributed by atoms with van der Waals surface area (Å²) in [7, 11) is 3.29. The van der Waals surface area contributed by atoms with Gasteiger partial charge in [0.2, 0.25) is 11.8 Å². The lowest BCUT2D eigenvalue weighted by Gasteiger charge is -2.13. The van der Waals surface area contributed by atoms with Crippen LogP contribution in [-0.2, 0) is 9.59 Å². The van der Waals surface area contributed by atoms with Gasteiger partial charge in [-0.3, -0.25) is 19.2 Å². The van der Waals surface area contributed by atoms with E-state index in [0.29, 0.717) is 27.0 Å². The standard InChI is InChI=1S/C19H21N5O4S/c1-10-15(18(28)24(2)3)29-19(20-10)23-14(25)9-8-13-17(27)21-12-7-5-4-6-11(12)16(26)22-13/h4-7,13H,8-9H2,1-3H3,(H,21,27)(H,22,26)(H,20,23,25). The number of fused-ring (bicyclic) bond motifs is 1. The minimum absolute atomic E-state index is 0.00427. The molecule has 1 unspecified atom stereocenters. The van der Waals surface area contributed by atoms with Gasteiger partial charge in [0.05, 0.1) is 16.9 Å². The third-order valence-electron chi connectivity index (χ3n) is 4.35. The van der Waals surface area contributed by atoms with Crippen LogP contribution in [0.5, 0.6) is 0 Å². The molecule has 1 aliphatic rings. The minimum atomic E-state index is -0.829. The molecule has 0 saturated carbocycles. The molecule has 10 heteroatoms. The zero-order chi connectivity index (χ0) is 21.1. The first-order valence-electron chi connectivity index (χ1n) is 8.96. The molecule has 4 amide bonds. The second-order valence-corrected chi connectivity index (χ2v) is 7.78. The van der Waals surface area contributed by atoms with Crippen molar-refractivity contribution in [2.75, 3.05) is 24.7 Å². The maximum absolute atomic E-state index is 12.4. The van der Waals surface area contributed by atoms with Crippen molar-refractivity contribution in [3.8, 4) is 0 Å².